The van der Waals surface area contributed by atoms with Crippen LogP contribution in [0.25, 0.3) is 0 Å². The van der Waals surface area contributed by atoms with Crippen LogP contribution in [-0.2, 0) is 6.54 Å². The van der Waals surface area contributed by atoms with Gasteiger partial charge in [-0.1, -0.05) is 102 Å². The van der Waals surface area contributed by atoms with Crippen molar-refractivity contribution in [1.29, 1.82) is 0 Å². The molecule has 0 bridgehead atoms. The topological polar surface area (TPSA) is 0 Å². The molecule has 1 rings (SSSR count). The van der Waals surface area contributed by atoms with Gasteiger partial charge in [-0.15, -0.1) is 0 Å². The van der Waals surface area contributed by atoms with Crippen LogP contribution in [0.1, 0.15) is 103 Å². The van der Waals surface area contributed by atoms with Crippen LogP contribution in [0.5, 0.6) is 0 Å². The highest BCUT2D eigenvalue weighted by molar-refractivity contribution is 5.13. The van der Waals surface area contributed by atoms with E-state index in [0.29, 0.717) is 0 Å². The largest absolute Gasteiger partial charge is 0.320 e. The molecule has 0 aliphatic rings. The van der Waals surface area contributed by atoms with Gasteiger partial charge in [-0.25, -0.2) is 0 Å². The Kier molecular flexibility index (Phi) is 13.6. The van der Waals surface area contributed by atoms with E-state index in [-0.39, 0.29) is 0 Å². The predicted octanol–water partition coefficient (Wildman–Crippen LogP) is 7.74. The minimum absolute atomic E-state index is 1.22. The van der Waals surface area contributed by atoms with Gasteiger partial charge in [-0.05, 0) is 25.7 Å². The van der Waals surface area contributed by atoms with E-state index < -0.39 is 0 Å². The number of benzene rings is 1. The van der Waals surface area contributed by atoms with Gasteiger partial charge in [0, 0.05) is 5.56 Å². The number of hydrogen-bond acceptors (Lipinski definition) is 0. The van der Waals surface area contributed by atoms with E-state index in [1.54, 1.807) is 0 Å². The van der Waals surface area contributed by atoms with Crippen molar-refractivity contribution >= 4 is 0 Å². The molecule has 1 heteroatoms. The molecule has 0 amide bonds. The smallest absolute Gasteiger partial charge is 0.104 e. The maximum Gasteiger partial charge on any atom is 0.104 e. The first kappa shape index (κ1) is 23.2. The molecular formula is C25H46N+. The van der Waals surface area contributed by atoms with Crippen molar-refractivity contribution in [3.8, 4) is 0 Å². The van der Waals surface area contributed by atoms with Gasteiger partial charge < -0.3 is 4.48 Å². The summed E-state index contributed by atoms with van der Waals surface area (Å²) < 4.78 is 1.30. The van der Waals surface area contributed by atoms with Crippen molar-refractivity contribution in [2.24, 2.45) is 0 Å². The third-order valence-electron chi connectivity index (χ3n) is 5.74. The first-order valence-corrected chi connectivity index (χ1v) is 11.7. The lowest BCUT2D eigenvalue weighted by Gasteiger charge is -2.39. The van der Waals surface area contributed by atoms with E-state index in [9.17, 15) is 0 Å². The van der Waals surface area contributed by atoms with E-state index in [2.05, 4.69) is 51.1 Å². The van der Waals surface area contributed by atoms with E-state index in [1.807, 2.05) is 0 Å². The average Bonchev–Trinajstić information content (AvgIpc) is 2.64. The van der Waals surface area contributed by atoms with Crippen LogP contribution in [0.4, 0.5) is 0 Å². The molecule has 0 unspecified atom stereocenters. The molecule has 0 atom stereocenters. The van der Waals surface area contributed by atoms with Gasteiger partial charge >= 0.3 is 0 Å². The summed E-state index contributed by atoms with van der Waals surface area (Å²) in [6, 6.07) is 11.2. The van der Waals surface area contributed by atoms with Crippen LogP contribution in [0, 0.1) is 0 Å². The highest BCUT2D eigenvalue weighted by Gasteiger charge is 2.25. The monoisotopic (exact) mass is 360 g/mol. The maximum atomic E-state index is 2.35. The van der Waals surface area contributed by atoms with Crippen molar-refractivity contribution in [2.45, 2.75) is 104 Å². The Morgan fingerprint density at radius 2 is 1.04 bits per heavy atom. The zero-order chi connectivity index (χ0) is 18.9. The number of rotatable bonds is 17. The predicted molar refractivity (Wildman–Crippen MR) is 117 cm³/mol. The van der Waals surface area contributed by atoms with Crippen LogP contribution < -0.4 is 0 Å². The summed E-state index contributed by atoms with van der Waals surface area (Å²) in [5, 5.41) is 0. The van der Waals surface area contributed by atoms with E-state index in [1.165, 1.54) is 113 Å². The van der Waals surface area contributed by atoms with Crippen LogP contribution in [0.2, 0.25) is 0 Å². The SMILES string of the molecule is CCCCCCCCCCCC[N+](CCC)(CCC)Cc1ccccc1. The summed E-state index contributed by atoms with van der Waals surface area (Å²) in [7, 11) is 0. The number of unbranched alkanes of at least 4 members (excludes halogenated alkanes) is 9. The number of nitrogens with zero attached hydrogens (tertiary/aromatic N) is 1. The number of quaternary nitrogens is 1. The Bertz CT molecular complexity index is 405. The molecule has 1 aromatic carbocycles. The normalized spacial score (nSPS) is 11.8. The molecule has 0 saturated heterocycles. The fraction of sp³-hybridized carbons (Fsp3) is 0.760. The summed E-state index contributed by atoms with van der Waals surface area (Å²) in [5.74, 6) is 0. The Hall–Kier alpha value is -0.820. The third-order valence-corrected chi connectivity index (χ3v) is 5.74. The molecule has 0 radical (unpaired) electrons. The van der Waals surface area contributed by atoms with Gasteiger partial charge in [-0.2, -0.15) is 0 Å². The first-order valence-electron chi connectivity index (χ1n) is 11.7. The molecule has 0 saturated carbocycles. The highest BCUT2D eigenvalue weighted by atomic mass is 15.3. The van der Waals surface area contributed by atoms with Gasteiger partial charge in [-0.3, -0.25) is 0 Å². The second kappa shape index (κ2) is 15.3. The van der Waals surface area contributed by atoms with Crippen molar-refractivity contribution in [2.75, 3.05) is 19.6 Å². The molecule has 150 valence electrons. The maximum absolute atomic E-state index is 2.35. The van der Waals surface area contributed by atoms with Gasteiger partial charge in [0.05, 0.1) is 19.6 Å². The van der Waals surface area contributed by atoms with Gasteiger partial charge in [0.2, 0.25) is 0 Å². The minimum Gasteiger partial charge on any atom is -0.320 e. The van der Waals surface area contributed by atoms with Gasteiger partial charge in [0.1, 0.15) is 6.54 Å². The minimum atomic E-state index is 1.22. The molecular weight excluding hydrogens is 314 g/mol. The summed E-state index contributed by atoms with van der Waals surface area (Å²) in [6.07, 6.45) is 16.9. The Morgan fingerprint density at radius 1 is 0.538 bits per heavy atom. The lowest BCUT2D eigenvalue weighted by molar-refractivity contribution is -0.941. The Balaban J connectivity index is 2.32. The van der Waals surface area contributed by atoms with E-state index in [4.69, 9.17) is 0 Å². The second-order valence-electron chi connectivity index (χ2n) is 8.34. The zero-order valence-electron chi connectivity index (χ0n) is 18.1. The summed E-state index contributed by atoms with van der Waals surface area (Å²) in [5.41, 5.74) is 1.52. The van der Waals surface area contributed by atoms with E-state index in [0.717, 1.165) is 0 Å². The van der Waals surface area contributed by atoms with Gasteiger partial charge in [0.25, 0.3) is 0 Å². The summed E-state index contributed by atoms with van der Waals surface area (Å²) in [4.78, 5) is 0. The van der Waals surface area contributed by atoms with Crippen molar-refractivity contribution in [3.63, 3.8) is 0 Å². The summed E-state index contributed by atoms with van der Waals surface area (Å²) >= 11 is 0. The van der Waals surface area contributed by atoms with Crippen molar-refractivity contribution in [3.05, 3.63) is 35.9 Å². The molecule has 0 N–H and O–H groups in total. The second-order valence-corrected chi connectivity index (χ2v) is 8.34. The molecule has 1 nitrogen and oxygen atoms in total. The van der Waals surface area contributed by atoms with Crippen molar-refractivity contribution < 1.29 is 4.48 Å². The van der Waals surface area contributed by atoms with E-state index >= 15 is 0 Å². The Morgan fingerprint density at radius 3 is 1.54 bits per heavy atom. The highest BCUT2D eigenvalue weighted by Crippen LogP contribution is 2.19. The fourth-order valence-electron chi connectivity index (χ4n) is 4.43. The summed E-state index contributed by atoms with van der Waals surface area (Å²) in [6.45, 7) is 12.3. The molecule has 0 fully saturated rings. The van der Waals surface area contributed by atoms with Crippen LogP contribution in [0.3, 0.4) is 0 Å². The molecule has 1 aromatic rings. The molecule has 26 heavy (non-hydrogen) atoms. The molecule has 0 aliphatic heterocycles. The quantitative estimate of drug-likeness (QED) is 0.197. The first-order chi connectivity index (χ1) is 12.8. The number of hydrogen-bond donors (Lipinski definition) is 0. The van der Waals surface area contributed by atoms with Crippen LogP contribution in [0.15, 0.2) is 30.3 Å². The Labute approximate surface area is 164 Å². The molecule has 0 spiro atoms. The molecule has 0 aromatic heterocycles. The van der Waals surface area contributed by atoms with Crippen LogP contribution in [-0.4, -0.2) is 24.1 Å². The van der Waals surface area contributed by atoms with Crippen LogP contribution >= 0.6 is 0 Å². The van der Waals surface area contributed by atoms with Gasteiger partial charge in [0.15, 0.2) is 0 Å². The lowest BCUT2D eigenvalue weighted by atomic mass is 10.1. The lowest BCUT2D eigenvalue weighted by Crippen LogP contribution is -2.49. The molecule has 0 heterocycles. The average molecular weight is 361 g/mol. The fourth-order valence-corrected chi connectivity index (χ4v) is 4.43. The molecule has 0 aliphatic carbocycles. The zero-order valence-corrected chi connectivity index (χ0v) is 18.1. The standard InChI is InChI=1S/C25H46N/c1-4-7-8-9-10-11-12-13-14-18-23-26(21-5-2,22-6-3)24-25-19-16-15-17-20-25/h15-17,19-20H,4-14,18,21-24H2,1-3H3/q+1. The third kappa shape index (κ3) is 10.4. The van der Waals surface area contributed by atoms with Crippen molar-refractivity contribution in [1.82, 2.24) is 0 Å².